The van der Waals surface area contributed by atoms with Crippen molar-refractivity contribution in [2.45, 2.75) is 62.7 Å². The molecule has 0 radical (unpaired) electrons. The third kappa shape index (κ3) is 1.37. The Bertz CT molecular complexity index is 191. The van der Waals surface area contributed by atoms with Gasteiger partial charge in [-0.1, -0.05) is 25.7 Å². The van der Waals surface area contributed by atoms with E-state index in [1.54, 1.807) is 51.4 Å². The molecule has 1 saturated heterocycles. The second-order valence-electron chi connectivity index (χ2n) is 5.70. The summed E-state index contributed by atoms with van der Waals surface area (Å²) in [5.74, 6) is 2.37. The molecular weight excluding hydrogens is 187 g/mol. The van der Waals surface area contributed by atoms with Crippen LogP contribution < -0.4 is 0 Å². The van der Waals surface area contributed by atoms with Gasteiger partial charge in [0.25, 0.3) is 0 Å². The van der Waals surface area contributed by atoms with Crippen molar-refractivity contribution in [1.82, 2.24) is 0 Å². The van der Waals surface area contributed by atoms with Crippen molar-refractivity contribution in [3.63, 3.8) is 0 Å². The van der Waals surface area contributed by atoms with Crippen LogP contribution >= 0.6 is 7.92 Å². The Morgan fingerprint density at radius 1 is 0.714 bits per heavy atom. The van der Waals surface area contributed by atoms with E-state index in [4.69, 9.17) is 0 Å². The molecule has 1 heteroatoms. The summed E-state index contributed by atoms with van der Waals surface area (Å²) in [6, 6.07) is 0. The van der Waals surface area contributed by atoms with Crippen molar-refractivity contribution in [2.75, 3.05) is 6.66 Å². The Hall–Kier alpha value is 0.430. The zero-order chi connectivity index (χ0) is 9.54. The molecule has 0 aromatic rings. The van der Waals surface area contributed by atoms with Crippen LogP contribution in [0.5, 0.6) is 0 Å². The molecular formula is C13H23P. The molecule has 3 aliphatic rings. The maximum absolute atomic E-state index is 2.63. The van der Waals surface area contributed by atoms with Crippen LogP contribution in [0.2, 0.25) is 0 Å². The van der Waals surface area contributed by atoms with Crippen LogP contribution in [0.1, 0.15) is 51.4 Å². The lowest BCUT2D eigenvalue weighted by molar-refractivity contribution is 0.231. The lowest BCUT2D eigenvalue weighted by atomic mass is 9.73. The molecule has 0 aromatic heterocycles. The molecule has 2 aliphatic carbocycles. The average Bonchev–Trinajstić information content (AvgIpc) is 2.55. The van der Waals surface area contributed by atoms with E-state index in [2.05, 4.69) is 6.66 Å². The first-order chi connectivity index (χ1) is 6.88. The van der Waals surface area contributed by atoms with E-state index >= 15 is 0 Å². The first-order valence-electron chi connectivity index (χ1n) is 6.60. The topological polar surface area (TPSA) is 0 Å². The van der Waals surface area contributed by atoms with E-state index in [0.29, 0.717) is 7.92 Å². The Morgan fingerprint density at radius 3 is 1.64 bits per heavy atom. The smallest absolute Gasteiger partial charge is 0.0178 e. The van der Waals surface area contributed by atoms with Gasteiger partial charge < -0.3 is 0 Å². The SMILES string of the molecule is CP1C2CCCCC2C2CCCCC21. The highest BCUT2D eigenvalue weighted by molar-refractivity contribution is 7.58. The van der Waals surface area contributed by atoms with Crippen molar-refractivity contribution >= 4 is 7.92 Å². The molecule has 3 rings (SSSR count). The van der Waals surface area contributed by atoms with Crippen molar-refractivity contribution in [1.29, 1.82) is 0 Å². The standard InChI is InChI=1S/C13H23P/c1-14-12-8-4-2-6-10(12)11-7-3-5-9-13(11)14/h10-13H,2-9H2,1H3. The van der Waals surface area contributed by atoms with Crippen molar-refractivity contribution in [3.05, 3.63) is 0 Å². The fourth-order valence-electron chi connectivity index (χ4n) is 4.54. The third-order valence-electron chi connectivity index (χ3n) is 5.16. The third-order valence-corrected chi connectivity index (χ3v) is 8.53. The second kappa shape index (κ2) is 3.78. The zero-order valence-electron chi connectivity index (χ0n) is 9.41. The predicted octanol–water partition coefficient (Wildman–Crippen LogP) is 4.23. The Morgan fingerprint density at radius 2 is 1.14 bits per heavy atom. The summed E-state index contributed by atoms with van der Waals surface area (Å²) in [5.41, 5.74) is 2.40. The summed E-state index contributed by atoms with van der Waals surface area (Å²) >= 11 is 0. The van der Waals surface area contributed by atoms with E-state index in [9.17, 15) is 0 Å². The number of rotatable bonds is 0. The van der Waals surface area contributed by atoms with E-state index in [0.717, 1.165) is 0 Å². The fraction of sp³-hybridized carbons (Fsp3) is 1.00. The molecule has 0 amide bonds. The minimum Gasteiger partial charge on any atom is -0.103 e. The quantitative estimate of drug-likeness (QED) is 0.525. The highest BCUT2D eigenvalue weighted by atomic mass is 31.1. The van der Waals surface area contributed by atoms with Crippen molar-refractivity contribution in [2.24, 2.45) is 11.8 Å². The van der Waals surface area contributed by atoms with Crippen LogP contribution in [0, 0.1) is 11.8 Å². The van der Waals surface area contributed by atoms with Gasteiger partial charge in [-0.2, -0.15) is 0 Å². The van der Waals surface area contributed by atoms with Gasteiger partial charge in [0.05, 0.1) is 0 Å². The van der Waals surface area contributed by atoms with Gasteiger partial charge in [-0.25, -0.2) is 0 Å². The Balaban J connectivity index is 1.83. The van der Waals surface area contributed by atoms with Gasteiger partial charge in [0.15, 0.2) is 0 Å². The summed E-state index contributed by atoms with van der Waals surface area (Å²) in [6.45, 7) is 2.63. The van der Waals surface area contributed by atoms with Crippen molar-refractivity contribution in [3.8, 4) is 0 Å². The molecule has 3 fully saturated rings. The van der Waals surface area contributed by atoms with Gasteiger partial charge >= 0.3 is 0 Å². The van der Waals surface area contributed by atoms with Crippen LogP contribution in [0.3, 0.4) is 0 Å². The molecule has 4 atom stereocenters. The van der Waals surface area contributed by atoms with Crippen LogP contribution in [0.25, 0.3) is 0 Å². The lowest BCUT2D eigenvalue weighted by Gasteiger charge is -2.31. The fourth-order valence-corrected chi connectivity index (χ4v) is 8.16. The monoisotopic (exact) mass is 210 g/mol. The molecule has 4 unspecified atom stereocenters. The highest BCUT2D eigenvalue weighted by Crippen LogP contribution is 2.65. The molecule has 80 valence electrons. The van der Waals surface area contributed by atoms with Crippen molar-refractivity contribution < 1.29 is 0 Å². The Kier molecular flexibility index (Phi) is 2.60. The number of fused-ring (bicyclic) bond motifs is 3. The normalized spacial score (nSPS) is 52.5. The molecule has 2 saturated carbocycles. The largest absolute Gasteiger partial charge is 0.103 e. The molecule has 1 aliphatic heterocycles. The summed E-state index contributed by atoms with van der Waals surface area (Å²) in [6.07, 6.45) is 12.6. The summed E-state index contributed by atoms with van der Waals surface area (Å²) in [4.78, 5) is 0. The number of hydrogen-bond donors (Lipinski definition) is 0. The van der Waals surface area contributed by atoms with Gasteiger partial charge in [-0.3, -0.25) is 0 Å². The number of hydrogen-bond acceptors (Lipinski definition) is 0. The lowest BCUT2D eigenvalue weighted by Crippen LogP contribution is -2.26. The first-order valence-corrected chi connectivity index (χ1v) is 8.52. The average molecular weight is 210 g/mol. The van der Waals surface area contributed by atoms with Gasteiger partial charge in [0, 0.05) is 0 Å². The first kappa shape index (κ1) is 9.64. The second-order valence-corrected chi connectivity index (χ2v) is 8.35. The van der Waals surface area contributed by atoms with Gasteiger partial charge in [-0.05, 0) is 55.5 Å². The molecule has 0 nitrogen and oxygen atoms in total. The van der Waals surface area contributed by atoms with Gasteiger partial charge in [0.2, 0.25) is 0 Å². The molecule has 0 N–H and O–H groups in total. The predicted molar refractivity (Wildman–Crippen MR) is 64.3 cm³/mol. The minimum atomic E-state index is 0.420. The van der Waals surface area contributed by atoms with E-state index in [1.165, 1.54) is 23.2 Å². The van der Waals surface area contributed by atoms with Crippen LogP contribution in [0.4, 0.5) is 0 Å². The van der Waals surface area contributed by atoms with Crippen LogP contribution in [0.15, 0.2) is 0 Å². The van der Waals surface area contributed by atoms with Gasteiger partial charge in [-0.15, -0.1) is 7.92 Å². The van der Waals surface area contributed by atoms with Crippen LogP contribution in [-0.4, -0.2) is 18.0 Å². The molecule has 0 spiro atoms. The molecule has 1 heterocycles. The molecule has 14 heavy (non-hydrogen) atoms. The van der Waals surface area contributed by atoms with Crippen LogP contribution in [-0.2, 0) is 0 Å². The van der Waals surface area contributed by atoms with E-state index in [-0.39, 0.29) is 0 Å². The maximum Gasteiger partial charge on any atom is -0.0178 e. The Labute approximate surface area is 89.6 Å². The van der Waals surface area contributed by atoms with E-state index < -0.39 is 0 Å². The zero-order valence-corrected chi connectivity index (χ0v) is 10.3. The summed E-state index contributed by atoms with van der Waals surface area (Å²) < 4.78 is 0. The maximum atomic E-state index is 2.63. The molecule has 0 aromatic carbocycles. The minimum absolute atomic E-state index is 0.420. The summed E-state index contributed by atoms with van der Waals surface area (Å²) in [7, 11) is 0.420. The highest BCUT2D eigenvalue weighted by Gasteiger charge is 2.48. The molecule has 0 bridgehead atoms. The van der Waals surface area contributed by atoms with Gasteiger partial charge in [0.1, 0.15) is 0 Å². The summed E-state index contributed by atoms with van der Waals surface area (Å²) in [5, 5.41) is 0. The van der Waals surface area contributed by atoms with E-state index in [1.807, 2.05) is 0 Å².